The van der Waals surface area contributed by atoms with E-state index in [4.69, 9.17) is 11.6 Å². The summed E-state index contributed by atoms with van der Waals surface area (Å²) in [5, 5.41) is 1.03. The number of hydrogen-bond acceptors (Lipinski definition) is 4. The van der Waals surface area contributed by atoms with Crippen LogP contribution in [0.2, 0.25) is 5.02 Å². The fourth-order valence-electron chi connectivity index (χ4n) is 2.69. The Balaban J connectivity index is 1.97. The lowest BCUT2D eigenvalue weighted by Gasteiger charge is -2.15. The third kappa shape index (κ3) is 3.11. The molecule has 112 valence electrons. The van der Waals surface area contributed by atoms with E-state index in [-0.39, 0.29) is 16.7 Å². The van der Waals surface area contributed by atoms with Crippen LogP contribution in [0.1, 0.15) is 12.8 Å². The minimum Gasteiger partial charge on any atom is -0.298 e. The molecule has 0 atom stereocenters. The lowest BCUT2D eigenvalue weighted by atomic mass is 10.1. The third-order valence-corrected chi connectivity index (χ3v) is 5.19. The van der Waals surface area contributed by atoms with Crippen molar-refractivity contribution in [2.45, 2.75) is 19.4 Å². The zero-order chi connectivity index (χ0) is 15.3. The molecule has 1 saturated carbocycles. The summed E-state index contributed by atoms with van der Waals surface area (Å²) in [5.41, 5.74) is 0.0901. The van der Waals surface area contributed by atoms with Crippen LogP contribution in [0.3, 0.4) is 0 Å². The van der Waals surface area contributed by atoms with E-state index >= 15 is 0 Å². The molecule has 7 heteroatoms. The van der Waals surface area contributed by atoms with Gasteiger partial charge in [0.25, 0.3) is 5.56 Å². The van der Waals surface area contributed by atoms with Crippen molar-refractivity contribution >= 4 is 32.3 Å². The van der Waals surface area contributed by atoms with Crippen molar-refractivity contribution in [3.8, 4) is 0 Å². The van der Waals surface area contributed by atoms with E-state index in [1.54, 1.807) is 18.2 Å². The smallest absolute Gasteiger partial charge is 0.261 e. The molecule has 1 aliphatic rings. The summed E-state index contributed by atoms with van der Waals surface area (Å²) >= 11 is 5.88. The minimum atomic E-state index is -3.05. The summed E-state index contributed by atoms with van der Waals surface area (Å²) in [6.45, 7) is 0.393. The van der Waals surface area contributed by atoms with Crippen molar-refractivity contribution in [2.24, 2.45) is 5.41 Å². The summed E-state index contributed by atoms with van der Waals surface area (Å²) in [7, 11) is -3.05. The molecule has 3 rings (SSSR count). The Kier molecular flexibility index (Phi) is 3.33. The van der Waals surface area contributed by atoms with E-state index in [1.165, 1.54) is 17.2 Å². The van der Waals surface area contributed by atoms with Gasteiger partial charge in [0, 0.05) is 23.2 Å². The highest BCUT2D eigenvalue weighted by atomic mass is 35.5. The molecule has 1 aromatic heterocycles. The predicted molar refractivity (Wildman–Crippen MR) is 82.4 cm³/mol. The highest BCUT2D eigenvalue weighted by Gasteiger charge is 2.45. The van der Waals surface area contributed by atoms with E-state index in [1.807, 2.05) is 0 Å². The third-order valence-electron chi connectivity index (χ3n) is 3.82. The highest BCUT2D eigenvalue weighted by molar-refractivity contribution is 7.90. The quantitative estimate of drug-likeness (QED) is 0.860. The van der Waals surface area contributed by atoms with Crippen molar-refractivity contribution in [1.29, 1.82) is 0 Å². The molecule has 21 heavy (non-hydrogen) atoms. The van der Waals surface area contributed by atoms with Gasteiger partial charge < -0.3 is 0 Å². The zero-order valence-electron chi connectivity index (χ0n) is 11.5. The molecule has 1 fully saturated rings. The SMILES string of the molecule is CS(=O)(=O)CC1(Cn2cnc3cc(Cl)ccc3c2=O)CC1. The van der Waals surface area contributed by atoms with Gasteiger partial charge in [-0.25, -0.2) is 13.4 Å². The number of aromatic nitrogens is 2. The number of nitrogens with zero attached hydrogens (tertiary/aromatic N) is 2. The second-order valence-corrected chi connectivity index (χ2v) is 8.49. The topological polar surface area (TPSA) is 69.0 Å². The summed E-state index contributed by atoms with van der Waals surface area (Å²) in [4.78, 5) is 16.7. The van der Waals surface area contributed by atoms with Crippen molar-refractivity contribution in [1.82, 2.24) is 9.55 Å². The van der Waals surface area contributed by atoms with Crippen LogP contribution in [0.4, 0.5) is 0 Å². The Morgan fingerprint density at radius 2 is 2.10 bits per heavy atom. The molecule has 0 amide bonds. The molecule has 0 N–H and O–H groups in total. The molecular weight excluding hydrogens is 312 g/mol. The van der Waals surface area contributed by atoms with Crippen molar-refractivity contribution in [3.05, 3.63) is 39.9 Å². The maximum atomic E-state index is 12.4. The van der Waals surface area contributed by atoms with Crippen LogP contribution >= 0.6 is 11.6 Å². The molecular formula is C14H15ClN2O3S. The summed E-state index contributed by atoms with van der Waals surface area (Å²) in [6, 6.07) is 4.95. The van der Waals surface area contributed by atoms with Crippen molar-refractivity contribution < 1.29 is 8.42 Å². The van der Waals surface area contributed by atoms with Crippen molar-refractivity contribution in [2.75, 3.05) is 12.0 Å². The van der Waals surface area contributed by atoms with Gasteiger partial charge in [-0.05, 0) is 31.0 Å². The van der Waals surface area contributed by atoms with Crippen LogP contribution in [0, 0.1) is 5.41 Å². The Hall–Kier alpha value is -1.40. The van der Waals surface area contributed by atoms with E-state index in [0.29, 0.717) is 22.5 Å². The maximum absolute atomic E-state index is 12.4. The summed E-state index contributed by atoms with van der Waals surface area (Å²) in [6.07, 6.45) is 4.36. The van der Waals surface area contributed by atoms with E-state index in [0.717, 1.165) is 12.8 Å². The fourth-order valence-corrected chi connectivity index (χ4v) is 4.35. The normalized spacial score (nSPS) is 17.0. The van der Waals surface area contributed by atoms with Crippen LogP contribution < -0.4 is 5.56 Å². The van der Waals surface area contributed by atoms with Gasteiger partial charge in [-0.3, -0.25) is 9.36 Å². The average Bonchev–Trinajstić information content (AvgIpc) is 3.10. The number of hydrogen-bond donors (Lipinski definition) is 0. The summed E-state index contributed by atoms with van der Waals surface area (Å²) < 4.78 is 24.5. The Morgan fingerprint density at radius 1 is 1.38 bits per heavy atom. The lowest BCUT2D eigenvalue weighted by molar-refractivity contribution is 0.450. The van der Waals surface area contributed by atoms with Gasteiger partial charge >= 0.3 is 0 Å². The zero-order valence-corrected chi connectivity index (χ0v) is 13.1. The van der Waals surface area contributed by atoms with Crippen LogP contribution in [0.25, 0.3) is 10.9 Å². The maximum Gasteiger partial charge on any atom is 0.261 e. The molecule has 0 spiro atoms. The number of rotatable bonds is 4. The molecule has 2 aromatic rings. The monoisotopic (exact) mass is 326 g/mol. The van der Waals surface area contributed by atoms with Gasteiger partial charge in [0.15, 0.2) is 0 Å². The Bertz CT molecular complexity index is 869. The van der Waals surface area contributed by atoms with E-state index in [2.05, 4.69) is 4.98 Å². The second-order valence-electron chi connectivity index (χ2n) is 5.91. The van der Waals surface area contributed by atoms with Gasteiger partial charge in [0.1, 0.15) is 9.84 Å². The first-order valence-electron chi connectivity index (χ1n) is 6.61. The largest absolute Gasteiger partial charge is 0.298 e. The van der Waals surface area contributed by atoms with Crippen LogP contribution in [-0.4, -0.2) is 30.0 Å². The van der Waals surface area contributed by atoms with Gasteiger partial charge in [-0.2, -0.15) is 0 Å². The van der Waals surface area contributed by atoms with Crippen LogP contribution in [0.5, 0.6) is 0 Å². The molecule has 0 aliphatic heterocycles. The molecule has 1 aliphatic carbocycles. The first-order chi connectivity index (χ1) is 9.78. The lowest BCUT2D eigenvalue weighted by Crippen LogP contribution is -2.28. The first-order valence-corrected chi connectivity index (χ1v) is 9.04. The molecule has 0 unspecified atom stereocenters. The van der Waals surface area contributed by atoms with Gasteiger partial charge in [0.2, 0.25) is 0 Å². The van der Waals surface area contributed by atoms with E-state index < -0.39 is 9.84 Å². The Labute approximate surface area is 127 Å². The molecule has 1 heterocycles. The molecule has 0 bridgehead atoms. The average molecular weight is 327 g/mol. The van der Waals surface area contributed by atoms with Gasteiger partial charge in [0.05, 0.1) is 23.0 Å². The molecule has 5 nitrogen and oxygen atoms in total. The van der Waals surface area contributed by atoms with Crippen LogP contribution in [0.15, 0.2) is 29.3 Å². The second kappa shape index (κ2) is 4.81. The molecule has 0 saturated heterocycles. The van der Waals surface area contributed by atoms with Crippen molar-refractivity contribution in [3.63, 3.8) is 0 Å². The first kappa shape index (κ1) is 14.5. The predicted octanol–water partition coefficient (Wildman–Crippen LogP) is 1.87. The van der Waals surface area contributed by atoms with Gasteiger partial charge in [-0.1, -0.05) is 11.6 Å². The van der Waals surface area contributed by atoms with Crippen LogP contribution in [-0.2, 0) is 16.4 Å². The standard InChI is InChI=1S/C14H15ClN2O3S/c1-21(19,20)8-14(4-5-14)7-17-9-16-12-6-10(15)2-3-11(12)13(17)18/h2-3,6,9H,4-5,7-8H2,1H3. The highest BCUT2D eigenvalue weighted by Crippen LogP contribution is 2.47. The number of sulfone groups is 1. The summed E-state index contributed by atoms with van der Waals surface area (Å²) in [5.74, 6) is 0.116. The number of halogens is 1. The number of benzene rings is 1. The fraction of sp³-hybridized carbons (Fsp3) is 0.429. The van der Waals surface area contributed by atoms with Gasteiger partial charge in [-0.15, -0.1) is 0 Å². The molecule has 0 radical (unpaired) electrons. The Morgan fingerprint density at radius 3 is 2.71 bits per heavy atom. The molecule has 1 aromatic carbocycles. The number of fused-ring (bicyclic) bond motifs is 1. The minimum absolute atomic E-state index is 0.116. The van der Waals surface area contributed by atoms with E-state index in [9.17, 15) is 13.2 Å².